The average molecular weight is 436 g/mol. The van der Waals surface area contributed by atoms with E-state index in [2.05, 4.69) is 5.32 Å². The highest BCUT2D eigenvalue weighted by molar-refractivity contribution is 7.89. The second kappa shape index (κ2) is 10.0. The quantitative estimate of drug-likeness (QED) is 0.766. The van der Waals surface area contributed by atoms with E-state index >= 15 is 0 Å². The van der Waals surface area contributed by atoms with Crippen molar-refractivity contribution in [3.63, 3.8) is 0 Å². The van der Waals surface area contributed by atoms with E-state index in [1.54, 1.807) is 36.4 Å². The smallest absolute Gasteiger partial charge is 0.243 e. The maximum Gasteiger partial charge on any atom is 0.243 e. The van der Waals surface area contributed by atoms with Gasteiger partial charge in [-0.1, -0.05) is 30.3 Å². The lowest BCUT2D eigenvalue weighted by molar-refractivity contribution is -0.121. The summed E-state index contributed by atoms with van der Waals surface area (Å²) in [6.45, 7) is 2.09. The molecule has 1 heterocycles. The van der Waals surface area contributed by atoms with Crippen LogP contribution in [0.4, 0.5) is 4.39 Å². The molecule has 1 amide bonds. The van der Waals surface area contributed by atoms with Crippen LogP contribution in [0.25, 0.3) is 0 Å². The lowest BCUT2D eigenvalue weighted by Crippen LogP contribution is -2.36. The number of nitrogens with one attached hydrogen (secondary N) is 1. The number of phenols is 1. The van der Waals surface area contributed by atoms with Crippen molar-refractivity contribution in [1.82, 2.24) is 14.5 Å². The molecule has 0 bridgehead atoms. The molecule has 0 spiro atoms. The summed E-state index contributed by atoms with van der Waals surface area (Å²) in [6, 6.07) is 12.5. The van der Waals surface area contributed by atoms with E-state index in [1.807, 2.05) is 4.90 Å². The summed E-state index contributed by atoms with van der Waals surface area (Å²) in [7, 11) is -3.71. The van der Waals surface area contributed by atoms with Crippen LogP contribution < -0.4 is 5.32 Å². The molecule has 1 fully saturated rings. The van der Waals surface area contributed by atoms with Crippen LogP contribution in [0.15, 0.2) is 53.4 Å². The SMILES string of the molecule is O=C1CCN(S(=O)(=O)c2ccccc2)CCCN(Cc2cccc(F)c2O)CCN1. The lowest BCUT2D eigenvalue weighted by atomic mass is 10.1. The minimum absolute atomic E-state index is 0.0801. The fourth-order valence-electron chi connectivity index (χ4n) is 3.43. The Kier molecular flexibility index (Phi) is 7.41. The first-order valence-corrected chi connectivity index (χ1v) is 11.3. The molecule has 2 aromatic carbocycles. The molecule has 0 aliphatic carbocycles. The first-order chi connectivity index (χ1) is 14.4. The maximum absolute atomic E-state index is 13.6. The number of sulfonamides is 1. The molecule has 0 saturated carbocycles. The molecule has 0 atom stereocenters. The fourth-order valence-corrected chi connectivity index (χ4v) is 4.93. The van der Waals surface area contributed by atoms with Crippen LogP contribution in [0.2, 0.25) is 0 Å². The van der Waals surface area contributed by atoms with Crippen LogP contribution in [0.1, 0.15) is 18.4 Å². The molecular formula is C21H26FN3O4S. The monoisotopic (exact) mass is 435 g/mol. The van der Waals surface area contributed by atoms with E-state index in [1.165, 1.54) is 16.4 Å². The first-order valence-electron chi connectivity index (χ1n) is 9.88. The predicted octanol–water partition coefficient (Wildman–Crippen LogP) is 1.93. The number of para-hydroxylation sites is 1. The predicted molar refractivity (Wildman–Crippen MR) is 111 cm³/mol. The number of carbonyl (C=O) groups is 1. The van der Waals surface area contributed by atoms with Crippen molar-refractivity contribution in [1.29, 1.82) is 0 Å². The third-order valence-electron chi connectivity index (χ3n) is 5.07. The van der Waals surface area contributed by atoms with Gasteiger partial charge in [-0.05, 0) is 31.2 Å². The normalized spacial score (nSPS) is 17.8. The largest absolute Gasteiger partial charge is 0.505 e. The van der Waals surface area contributed by atoms with E-state index in [9.17, 15) is 22.7 Å². The van der Waals surface area contributed by atoms with Crippen molar-refractivity contribution in [2.75, 3.05) is 32.7 Å². The zero-order valence-corrected chi connectivity index (χ0v) is 17.4. The Labute approximate surface area is 176 Å². The standard InChI is InChI=1S/C21H26FN3O4S/c22-19-9-4-6-17(21(19)27)16-24-12-5-13-25(14-10-20(26)23-11-15-24)30(28,29)18-7-2-1-3-8-18/h1-4,6-9,27H,5,10-16H2,(H,23,26). The van der Waals surface area contributed by atoms with E-state index in [0.29, 0.717) is 38.2 Å². The average Bonchev–Trinajstić information content (AvgIpc) is 2.77. The molecule has 0 unspecified atom stereocenters. The Morgan fingerprint density at radius 2 is 1.77 bits per heavy atom. The van der Waals surface area contributed by atoms with Crippen molar-refractivity contribution in [2.24, 2.45) is 0 Å². The van der Waals surface area contributed by atoms with Gasteiger partial charge in [-0.15, -0.1) is 0 Å². The van der Waals surface area contributed by atoms with Gasteiger partial charge in [0.2, 0.25) is 15.9 Å². The highest BCUT2D eigenvalue weighted by Crippen LogP contribution is 2.22. The van der Waals surface area contributed by atoms with Gasteiger partial charge in [0.15, 0.2) is 11.6 Å². The van der Waals surface area contributed by atoms with Gasteiger partial charge in [-0.2, -0.15) is 4.31 Å². The highest BCUT2D eigenvalue weighted by Gasteiger charge is 2.25. The topological polar surface area (TPSA) is 90.0 Å². The molecule has 3 rings (SSSR count). The summed E-state index contributed by atoms with van der Waals surface area (Å²) in [5.41, 5.74) is 0.449. The van der Waals surface area contributed by atoms with Crippen LogP contribution in [0.3, 0.4) is 0 Å². The molecule has 2 N–H and O–H groups in total. The van der Waals surface area contributed by atoms with E-state index in [-0.39, 0.29) is 36.1 Å². The van der Waals surface area contributed by atoms with Crippen molar-refractivity contribution >= 4 is 15.9 Å². The molecule has 0 radical (unpaired) electrons. The Balaban J connectivity index is 1.75. The maximum atomic E-state index is 13.6. The van der Waals surface area contributed by atoms with E-state index < -0.39 is 15.8 Å². The van der Waals surface area contributed by atoms with Crippen molar-refractivity contribution in [3.8, 4) is 5.75 Å². The number of carbonyl (C=O) groups excluding carboxylic acids is 1. The van der Waals surface area contributed by atoms with Crippen LogP contribution in [-0.4, -0.2) is 61.4 Å². The molecule has 7 nitrogen and oxygen atoms in total. The first kappa shape index (κ1) is 22.2. The van der Waals surface area contributed by atoms with Crippen LogP contribution >= 0.6 is 0 Å². The van der Waals surface area contributed by atoms with Gasteiger partial charge in [0.25, 0.3) is 0 Å². The summed E-state index contributed by atoms with van der Waals surface area (Å²) < 4.78 is 41.0. The second-order valence-electron chi connectivity index (χ2n) is 7.19. The number of halogens is 1. The van der Waals surface area contributed by atoms with Crippen molar-refractivity contribution < 1.29 is 22.7 Å². The third kappa shape index (κ3) is 5.56. The van der Waals surface area contributed by atoms with Crippen molar-refractivity contribution in [3.05, 3.63) is 59.9 Å². The molecule has 162 valence electrons. The van der Waals surface area contributed by atoms with Gasteiger partial charge in [0.05, 0.1) is 4.90 Å². The summed E-state index contributed by atoms with van der Waals surface area (Å²) in [5.74, 6) is -1.29. The second-order valence-corrected chi connectivity index (χ2v) is 9.13. The molecule has 9 heteroatoms. The number of phenolic OH excluding ortho intramolecular Hbond substituents is 1. The number of amides is 1. The molecule has 1 saturated heterocycles. The molecule has 2 aromatic rings. The molecular weight excluding hydrogens is 409 g/mol. The number of nitrogens with zero attached hydrogens (tertiary/aromatic N) is 2. The zero-order chi connectivity index (χ0) is 21.6. The number of hydrogen-bond acceptors (Lipinski definition) is 5. The zero-order valence-electron chi connectivity index (χ0n) is 16.6. The highest BCUT2D eigenvalue weighted by atomic mass is 32.2. The molecule has 1 aliphatic rings. The van der Waals surface area contributed by atoms with Gasteiger partial charge in [-0.3, -0.25) is 9.69 Å². The van der Waals surface area contributed by atoms with Crippen LogP contribution in [0, 0.1) is 5.82 Å². The summed E-state index contributed by atoms with van der Waals surface area (Å²) in [6.07, 6.45) is 0.618. The minimum Gasteiger partial charge on any atom is -0.505 e. The summed E-state index contributed by atoms with van der Waals surface area (Å²) in [4.78, 5) is 14.3. The Morgan fingerprint density at radius 1 is 1.00 bits per heavy atom. The molecule has 0 aromatic heterocycles. The lowest BCUT2D eigenvalue weighted by Gasteiger charge is -2.25. The van der Waals surface area contributed by atoms with Gasteiger partial charge in [0, 0.05) is 44.7 Å². The van der Waals surface area contributed by atoms with Crippen LogP contribution in [0.5, 0.6) is 5.75 Å². The Hall–Kier alpha value is -2.49. The van der Waals surface area contributed by atoms with E-state index in [4.69, 9.17) is 0 Å². The Bertz CT molecular complexity index is 969. The Morgan fingerprint density at radius 3 is 2.53 bits per heavy atom. The summed E-state index contributed by atoms with van der Waals surface area (Å²) >= 11 is 0. The van der Waals surface area contributed by atoms with Gasteiger partial charge >= 0.3 is 0 Å². The van der Waals surface area contributed by atoms with Gasteiger partial charge < -0.3 is 10.4 Å². The number of benzene rings is 2. The van der Waals surface area contributed by atoms with Gasteiger partial charge in [0.1, 0.15) is 0 Å². The van der Waals surface area contributed by atoms with Crippen molar-refractivity contribution in [2.45, 2.75) is 24.3 Å². The van der Waals surface area contributed by atoms with Gasteiger partial charge in [-0.25, -0.2) is 12.8 Å². The number of hydrogen-bond donors (Lipinski definition) is 2. The van der Waals surface area contributed by atoms with Crippen LogP contribution in [-0.2, 0) is 21.4 Å². The third-order valence-corrected chi connectivity index (χ3v) is 6.98. The number of aromatic hydroxyl groups is 1. The number of rotatable bonds is 4. The fraction of sp³-hybridized carbons (Fsp3) is 0.381. The summed E-state index contributed by atoms with van der Waals surface area (Å²) in [5, 5.41) is 12.8. The molecule has 30 heavy (non-hydrogen) atoms. The minimum atomic E-state index is -3.71. The van der Waals surface area contributed by atoms with E-state index in [0.717, 1.165) is 0 Å². The molecule has 1 aliphatic heterocycles.